The van der Waals surface area contributed by atoms with Crippen LogP contribution in [0.5, 0.6) is 11.5 Å². The molecule has 3 rings (SSSR count). The summed E-state index contributed by atoms with van der Waals surface area (Å²) < 4.78 is 11.5. The van der Waals surface area contributed by atoms with E-state index in [2.05, 4.69) is 12.2 Å². The normalized spacial score (nSPS) is 16.0. The molecule has 0 spiro atoms. The van der Waals surface area contributed by atoms with Gasteiger partial charge in [-0.1, -0.05) is 25.5 Å². The summed E-state index contributed by atoms with van der Waals surface area (Å²) in [4.78, 5) is 12.2. The molecule has 5 nitrogen and oxygen atoms in total. The number of hydrogen-bond donors (Lipinski definition) is 2. The van der Waals surface area contributed by atoms with Crippen LogP contribution in [0.15, 0.2) is 42.5 Å². The summed E-state index contributed by atoms with van der Waals surface area (Å²) in [5.41, 5.74) is 8.06. The summed E-state index contributed by atoms with van der Waals surface area (Å²) in [6, 6.07) is 13.0. The maximum absolute atomic E-state index is 12.2. The van der Waals surface area contributed by atoms with Crippen LogP contribution in [-0.2, 0) is 11.2 Å². The first kappa shape index (κ1) is 16.2. The van der Waals surface area contributed by atoms with Gasteiger partial charge < -0.3 is 20.5 Å². The van der Waals surface area contributed by atoms with Crippen LogP contribution in [0.2, 0.25) is 0 Å². The van der Waals surface area contributed by atoms with Crippen molar-refractivity contribution in [3.63, 3.8) is 0 Å². The Morgan fingerprint density at radius 2 is 2.00 bits per heavy atom. The van der Waals surface area contributed by atoms with E-state index in [1.165, 1.54) is 0 Å². The Hall–Kier alpha value is -2.69. The van der Waals surface area contributed by atoms with Crippen molar-refractivity contribution < 1.29 is 14.3 Å². The quantitative estimate of drug-likeness (QED) is 0.630. The fourth-order valence-electron chi connectivity index (χ4n) is 2.56. The summed E-state index contributed by atoms with van der Waals surface area (Å²) in [5, 5.41) is 2.86. The number of nitrogens with two attached hydrogens (primary N) is 1. The Morgan fingerprint density at radius 3 is 2.75 bits per heavy atom. The molecule has 1 aliphatic rings. The SMILES string of the molecule is CCCCOc1ccc(CC2Oc3cc(N)ccc3NC2=O)cc1. The molecular weight excluding hydrogens is 304 g/mol. The number of anilines is 2. The van der Waals surface area contributed by atoms with E-state index in [0.29, 0.717) is 23.5 Å². The van der Waals surface area contributed by atoms with Crippen LogP contribution < -0.4 is 20.5 Å². The Morgan fingerprint density at radius 1 is 1.21 bits per heavy atom. The van der Waals surface area contributed by atoms with Crippen molar-refractivity contribution in [2.75, 3.05) is 17.7 Å². The van der Waals surface area contributed by atoms with Gasteiger partial charge in [-0.05, 0) is 36.2 Å². The van der Waals surface area contributed by atoms with Crippen molar-refractivity contribution in [2.24, 2.45) is 0 Å². The van der Waals surface area contributed by atoms with E-state index in [1.54, 1.807) is 18.2 Å². The molecule has 126 valence electrons. The fraction of sp³-hybridized carbons (Fsp3) is 0.316. The number of ether oxygens (including phenoxy) is 2. The highest BCUT2D eigenvalue weighted by Gasteiger charge is 2.27. The Labute approximate surface area is 141 Å². The third kappa shape index (κ3) is 3.79. The maximum atomic E-state index is 12.2. The molecule has 1 unspecified atom stereocenters. The van der Waals surface area contributed by atoms with Crippen molar-refractivity contribution in [3.8, 4) is 11.5 Å². The van der Waals surface area contributed by atoms with Crippen LogP contribution in [0.3, 0.4) is 0 Å². The number of benzene rings is 2. The summed E-state index contributed by atoms with van der Waals surface area (Å²) in [5.74, 6) is 1.31. The fourth-order valence-corrected chi connectivity index (χ4v) is 2.56. The number of carbonyl (C=O) groups is 1. The predicted molar refractivity (Wildman–Crippen MR) is 94.4 cm³/mol. The number of fused-ring (bicyclic) bond motifs is 1. The van der Waals surface area contributed by atoms with Gasteiger partial charge in [-0.25, -0.2) is 0 Å². The summed E-state index contributed by atoms with van der Waals surface area (Å²) in [6.45, 7) is 2.86. The lowest BCUT2D eigenvalue weighted by Gasteiger charge is -2.26. The standard InChI is InChI=1S/C19H22N2O3/c1-2-3-10-23-15-7-4-13(5-8-15)11-18-19(22)21-16-9-6-14(20)12-17(16)24-18/h4-9,12,18H,2-3,10-11,20H2,1H3,(H,21,22). The molecule has 1 aliphatic heterocycles. The van der Waals surface area contributed by atoms with Crippen LogP contribution in [0.25, 0.3) is 0 Å². The van der Waals surface area contributed by atoms with E-state index < -0.39 is 6.10 Å². The van der Waals surface area contributed by atoms with Crippen LogP contribution in [-0.4, -0.2) is 18.6 Å². The zero-order valence-electron chi connectivity index (χ0n) is 13.7. The highest BCUT2D eigenvalue weighted by Crippen LogP contribution is 2.32. The smallest absolute Gasteiger partial charge is 0.265 e. The topological polar surface area (TPSA) is 73.6 Å². The third-order valence-electron chi connectivity index (χ3n) is 3.94. The zero-order chi connectivity index (χ0) is 16.9. The van der Waals surface area contributed by atoms with Crippen molar-refractivity contribution in [1.29, 1.82) is 0 Å². The van der Waals surface area contributed by atoms with Crippen LogP contribution >= 0.6 is 0 Å². The van der Waals surface area contributed by atoms with E-state index in [-0.39, 0.29) is 5.91 Å². The second-order valence-corrected chi connectivity index (χ2v) is 5.90. The zero-order valence-corrected chi connectivity index (χ0v) is 13.7. The second kappa shape index (κ2) is 7.25. The highest BCUT2D eigenvalue weighted by atomic mass is 16.5. The molecule has 0 saturated heterocycles. The second-order valence-electron chi connectivity index (χ2n) is 5.90. The molecule has 0 bridgehead atoms. The van der Waals surface area contributed by atoms with E-state index in [4.69, 9.17) is 15.2 Å². The number of nitrogen functional groups attached to an aromatic ring is 1. The molecule has 3 N–H and O–H groups in total. The van der Waals surface area contributed by atoms with E-state index in [0.717, 1.165) is 30.8 Å². The molecule has 0 radical (unpaired) electrons. The first-order chi connectivity index (χ1) is 11.7. The van der Waals surface area contributed by atoms with E-state index in [1.807, 2.05) is 24.3 Å². The molecule has 0 aromatic heterocycles. The number of rotatable bonds is 6. The molecule has 1 atom stereocenters. The van der Waals surface area contributed by atoms with Crippen LogP contribution in [0.4, 0.5) is 11.4 Å². The van der Waals surface area contributed by atoms with Crippen molar-refractivity contribution >= 4 is 17.3 Å². The summed E-state index contributed by atoms with van der Waals surface area (Å²) in [6.07, 6.45) is 2.08. The summed E-state index contributed by atoms with van der Waals surface area (Å²) >= 11 is 0. The highest BCUT2D eigenvalue weighted by molar-refractivity contribution is 5.98. The maximum Gasteiger partial charge on any atom is 0.265 e. The first-order valence-electron chi connectivity index (χ1n) is 8.24. The van der Waals surface area contributed by atoms with Gasteiger partial charge in [0.15, 0.2) is 6.10 Å². The van der Waals surface area contributed by atoms with Gasteiger partial charge in [0, 0.05) is 18.2 Å². The van der Waals surface area contributed by atoms with Gasteiger partial charge in [0.25, 0.3) is 5.91 Å². The largest absolute Gasteiger partial charge is 0.494 e. The minimum atomic E-state index is -0.564. The monoisotopic (exact) mass is 326 g/mol. The Kier molecular flexibility index (Phi) is 4.89. The molecular formula is C19H22N2O3. The van der Waals surface area contributed by atoms with Crippen LogP contribution in [0, 0.1) is 0 Å². The molecule has 0 aliphatic carbocycles. The minimum absolute atomic E-state index is 0.143. The van der Waals surface area contributed by atoms with Crippen molar-refractivity contribution in [1.82, 2.24) is 0 Å². The molecule has 1 amide bonds. The minimum Gasteiger partial charge on any atom is -0.494 e. The van der Waals surface area contributed by atoms with Crippen molar-refractivity contribution in [2.45, 2.75) is 32.3 Å². The van der Waals surface area contributed by atoms with Gasteiger partial charge in [0.05, 0.1) is 12.3 Å². The Balaban J connectivity index is 1.64. The number of hydrogen-bond acceptors (Lipinski definition) is 4. The first-order valence-corrected chi connectivity index (χ1v) is 8.24. The average molecular weight is 326 g/mol. The molecule has 2 aromatic rings. The molecule has 24 heavy (non-hydrogen) atoms. The van der Waals surface area contributed by atoms with Gasteiger partial charge in [-0.15, -0.1) is 0 Å². The molecule has 2 aromatic carbocycles. The third-order valence-corrected chi connectivity index (χ3v) is 3.94. The molecule has 0 saturated carbocycles. The Bertz CT molecular complexity index is 713. The van der Waals surface area contributed by atoms with Gasteiger partial charge in [-0.2, -0.15) is 0 Å². The lowest BCUT2D eigenvalue weighted by Crippen LogP contribution is -2.38. The number of unbranched alkanes of at least 4 members (excludes halogenated alkanes) is 1. The predicted octanol–water partition coefficient (Wildman–Crippen LogP) is 3.39. The lowest BCUT2D eigenvalue weighted by atomic mass is 10.1. The molecule has 1 heterocycles. The number of nitrogens with one attached hydrogen (secondary N) is 1. The van der Waals surface area contributed by atoms with Gasteiger partial charge in [0.2, 0.25) is 0 Å². The van der Waals surface area contributed by atoms with Gasteiger partial charge >= 0.3 is 0 Å². The van der Waals surface area contributed by atoms with Gasteiger partial charge in [-0.3, -0.25) is 4.79 Å². The molecule has 0 fully saturated rings. The number of amides is 1. The van der Waals surface area contributed by atoms with E-state index >= 15 is 0 Å². The lowest BCUT2D eigenvalue weighted by molar-refractivity contribution is -0.123. The number of carbonyl (C=O) groups excluding carboxylic acids is 1. The van der Waals surface area contributed by atoms with Gasteiger partial charge in [0.1, 0.15) is 11.5 Å². The van der Waals surface area contributed by atoms with Crippen molar-refractivity contribution in [3.05, 3.63) is 48.0 Å². The summed E-state index contributed by atoms with van der Waals surface area (Å²) in [7, 11) is 0. The molecule has 5 heteroatoms. The average Bonchev–Trinajstić information content (AvgIpc) is 2.58. The van der Waals surface area contributed by atoms with E-state index in [9.17, 15) is 4.79 Å². The van der Waals surface area contributed by atoms with Crippen LogP contribution in [0.1, 0.15) is 25.3 Å².